The highest BCUT2D eigenvalue weighted by molar-refractivity contribution is 7.89. The number of allylic oxidation sites excluding steroid dienone is 1. The number of anilines is 1. The van der Waals surface area contributed by atoms with E-state index in [1.54, 1.807) is 18.2 Å². The quantitative estimate of drug-likeness (QED) is 0.599. The molecule has 7 nitrogen and oxygen atoms in total. The maximum Gasteiger partial charge on any atom is 0.402 e. The van der Waals surface area contributed by atoms with E-state index in [1.807, 2.05) is 19.1 Å². The van der Waals surface area contributed by atoms with E-state index in [0.717, 1.165) is 17.7 Å². The molecule has 2 N–H and O–H groups in total. The molecule has 0 radical (unpaired) electrons. The van der Waals surface area contributed by atoms with Gasteiger partial charge in [-0.2, -0.15) is 13.2 Å². The first-order valence-electron chi connectivity index (χ1n) is 8.94. The third-order valence-electron chi connectivity index (χ3n) is 3.82. The Balaban J connectivity index is 1.96. The SMILES string of the molecule is C/C=C/c1ccc(OCC(=O)Nc2ccc(S(=O)(=O)NCC(F)(F)F)cc2)c(OC)c1. The first-order valence-corrected chi connectivity index (χ1v) is 10.4. The van der Waals surface area contributed by atoms with Crippen molar-refractivity contribution in [3.63, 3.8) is 0 Å². The van der Waals surface area contributed by atoms with Gasteiger partial charge in [0.25, 0.3) is 5.91 Å². The number of nitrogens with one attached hydrogen (secondary N) is 2. The van der Waals surface area contributed by atoms with Crippen molar-refractivity contribution in [3.05, 3.63) is 54.1 Å². The summed E-state index contributed by atoms with van der Waals surface area (Å²) in [6.07, 6.45) is -0.927. The van der Waals surface area contributed by atoms with Gasteiger partial charge in [-0.1, -0.05) is 18.2 Å². The predicted octanol–water partition coefficient (Wildman–Crippen LogP) is 3.59. The molecule has 11 heteroatoms. The zero-order valence-electron chi connectivity index (χ0n) is 16.7. The largest absolute Gasteiger partial charge is 0.493 e. The Morgan fingerprint density at radius 1 is 1.10 bits per heavy atom. The van der Waals surface area contributed by atoms with Crippen LogP contribution in [0.4, 0.5) is 18.9 Å². The number of methoxy groups -OCH3 is 1. The van der Waals surface area contributed by atoms with Crippen LogP contribution in [0, 0.1) is 0 Å². The average molecular weight is 458 g/mol. The summed E-state index contributed by atoms with van der Waals surface area (Å²) in [5.41, 5.74) is 1.15. The minimum absolute atomic E-state index is 0.249. The monoisotopic (exact) mass is 458 g/mol. The average Bonchev–Trinajstić information content (AvgIpc) is 2.71. The standard InChI is InChI=1S/C20H21F3N2O5S/c1-3-4-14-5-10-17(18(11-14)29-2)30-12-19(26)25-15-6-8-16(9-7-15)31(27,28)24-13-20(21,22)23/h3-11,24H,12-13H2,1-2H3,(H,25,26)/b4-3+. The molecule has 0 fully saturated rings. The van der Waals surface area contributed by atoms with Crippen molar-refractivity contribution >= 4 is 27.7 Å². The van der Waals surface area contributed by atoms with Crippen LogP contribution in [0.15, 0.2) is 53.4 Å². The summed E-state index contributed by atoms with van der Waals surface area (Å²) in [6, 6.07) is 9.88. The lowest BCUT2D eigenvalue weighted by Gasteiger charge is -2.12. The van der Waals surface area contributed by atoms with Gasteiger partial charge in [0, 0.05) is 5.69 Å². The molecular weight excluding hydrogens is 437 g/mol. The van der Waals surface area contributed by atoms with Crippen molar-refractivity contribution < 1.29 is 35.9 Å². The zero-order chi connectivity index (χ0) is 23.1. The van der Waals surface area contributed by atoms with Crippen LogP contribution in [0.2, 0.25) is 0 Å². The minimum Gasteiger partial charge on any atom is -0.493 e. The number of alkyl halides is 3. The van der Waals surface area contributed by atoms with Crippen LogP contribution in [-0.2, 0) is 14.8 Å². The molecule has 0 saturated carbocycles. The van der Waals surface area contributed by atoms with Crippen LogP contribution in [0.1, 0.15) is 12.5 Å². The third kappa shape index (κ3) is 7.61. The molecule has 0 heterocycles. The molecule has 2 rings (SSSR count). The van der Waals surface area contributed by atoms with Crippen LogP contribution in [0.5, 0.6) is 11.5 Å². The number of benzene rings is 2. The van der Waals surface area contributed by atoms with Gasteiger partial charge in [-0.05, 0) is 48.9 Å². The highest BCUT2D eigenvalue weighted by Gasteiger charge is 2.30. The van der Waals surface area contributed by atoms with Gasteiger partial charge >= 0.3 is 6.18 Å². The smallest absolute Gasteiger partial charge is 0.402 e. The Morgan fingerprint density at radius 2 is 1.77 bits per heavy atom. The number of hydrogen-bond acceptors (Lipinski definition) is 5. The van der Waals surface area contributed by atoms with Gasteiger partial charge in [0.2, 0.25) is 10.0 Å². The van der Waals surface area contributed by atoms with Crippen molar-refractivity contribution in [1.29, 1.82) is 0 Å². The minimum atomic E-state index is -4.67. The normalized spacial score (nSPS) is 12.0. The molecule has 0 unspecified atom stereocenters. The summed E-state index contributed by atoms with van der Waals surface area (Å²) in [5, 5.41) is 2.51. The van der Waals surface area contributed by atoms with Crippen LogP contribution in [0.25, 0.3) is 6.08 Å². The molecule has 2 aromatic rings. The van der Waals surface area contributed by atoms with Crippen LogP contribution >= 0.6 is 0 Å². The highest BCUT2D eigenvalue weighted by atomic mass is 32.2. The molecule has 0 aliphatic carbocycles. The Kier molecular flexibility index (Phi) is 8.06. The van der Waals surface area contributed by atoms with Gasteiger partial charge in [-0.25, -0.2) is 13.1 Å². The first kappa shape index (κ1) is 24.2. The zero-order valence-corrected chi connectivity index (χ0v) is 17.5. The summed E-state index contributed by atoms with van der Waals surface area (Å²) in [4.78, 5) is 11.7. The molecule has 31 heavy (non-hydrogen) atoms. The van der Waals surface area contributed by atoms with E-state index in [9.17, 15) is 26.4 Å². The van der Waals surface area contributed by atoms with E-state index >= 15 is 0 Å². The Bertz CT molecular complexity index is 1040. The Labute approximate surface area is 177 Å². The van der Waals surface area contributed by atoms with Gasteiger partial charge in [0.1, 0.15) is 6.54 Å². The second kappa shape index (κ2) is 10.3. The van der Waals surface area contributed by atoms with Gasteiger partial charge < -0.3 is 14.8 Å². The van der Waals surface area contributed by atoms with Gasteiger partial charge in [0.05, 0.1) is 12.0 Å². The van der Waals surface area contributed by atoms with E-state index in [-0.39, 0.29) is 17.2 Å². The summed E-state index contributed by atoms with van der Waals surface area (Å²) < 4.78 is 72.5. The molecule has 0 aliphatic rings. The van der Waals surface area contributed by atoms with Crippen LogP contribution in [0.3, 0.4) is 0 Å². The number of rotatable bonds is 9. The number of carbonyl (C=O) groups excluding carboxylic acids is 1. The number of halogens is 3. The lowest BCUT2D eigenvalue weighted by atomic mass is 10.2. The molecule has 0 saturated heterocycles. The molecule has 168 valence electrons. The van der Waals surface area contributed by atoms with E-state index in [0.29, 0.717) is 11.5 Å². The fourth-order valence-corrected chi connectivity index (χ4v) is 3.43. The second-order valence-corrected chi connectivity index (χ2v) is 7.98. The molecule has 0 spiro atoms. The molecule has 0 atom stereocenters. The van der Waals surface area contributed by atoms with Crippen molar-refractivity contribution in [2.45, 2.75) is 18.0 Å². The lowest BCUT2D eigenvalue weighted by molar-refractivity contribution is -0.121. The fraction of sp³-hybridized carbons (Fsp3) is 0.250. The Morgan fingerprint density at radius 3 is 2.35 bits per heavy atom. The number of carbonyl (C=O) groups is 1. The third-order valence-corrected chi connectivity index (χ3v) is 5.23. The molecule has 0 bridgehead atoms. The van der Waals surface area contributed by atoms with Crippen molar-refractivity contribution in [2.24, 2.45) is 0 Å². The summed E-state index contributed by atoms with van der Waals surface area (Å²) in [7, 11) is -2.85. The van der Waals surface area contributed by atoms with Gasteiger partial charge in [0.15, 0.2) is 18.1 Å². The molecular formula is C20H21F3N2O5S. The number of sulfonamides is 1. The molecule has 0 aromatic heterocycles. The van der Waals surface area contributed by atoms with Gasteiger partial charge in [-0.3, -0.25) is 4.79 Å². The Hall–Kier alpha value is -3.05. The summed E-state index contributed by atoms with van der Waals surface area (Å²) >= 11 is 0. The predicted molar refractivity (Wildman–Crippen MR) is 110 cm³/mol. The topological polar surface area (TPSA) is 93.7 Å². The van der Waals surface area contributed by atoms with Crippen LogP contribution < -0.4 is 19.5 Å². The van der Waals surface area contributed by atoms with Gasteiger partial charge in [-0.15, -0.1) is 0 Å². The van der Waals surface area contributed by atoms with Crippen molar-refractivity contribution in [3.8, 4) is 11.5 Å². The summed E-state index contributed by atoms with van der Waals surface area (Å²) in [5.74, 6) is 0.290. The number of amides is 1. The first-order chi connectivity index (χ1) is 14.5. The van der Waals surface area contributed by atoms with E-state index in [4.69, 9.17) is 9.47 Å². The van der Waals surface area contributed by atoms with E-state index in [1.165, 1.54) is 24.0 Å². The number of hydrogen-bond donors (Lipinski definition) is 2. The maximum atomic E-state index is 12.2. The summed E-state index contributed by atoms with van der Waals surface area (Å²) in [6.45, 7) is -0.140. The maximum absolute atomic E-state index is 12.2. The molecule has 0 aliphatic heterocycles. The van der Waals surface area contributed by atoms with Crippen molar-refractivity contribution in [2.75, 3.05) is 25.6 Å². The fourth-order valence-electron chi connectivity index (χ4n) is 2.42. The van der Waals surface area contributed by atoms with Crippen molar-refractivity contribution in [1.82, 2.24) is 4.72 Å². The molecule has 1 amide bonds. The van der Waals surface area contributed by atoms with Crippen LogP contribution in [-0.4, -0.2) is 40.8 Å². The molecule has 2 aromatic carbocycles. The highest BCUT2D eigenvalue weighted by Crippen LogP contribution is 2.28. The van der Waals surface area contributed by atoms with E-state index in [2.05, 4.69) is 5.32 Å². The lowest BCUT2D eigenvalue weighted by Crippen LogP contribution is -2.33. The second-order valence-electron chi connectivity index (χ2n) is 6.21. The van der Waals surface area contributed by atoms with E-state index < -0.39 is 28.7 Å². The number of ether oxygens (including phenoxy) is 2.